The Morgan fingerprint density at radius 2 is 1.31 bits per heavy atom. The van der Waals surface area contributed by atoms with Crippen molar-refractivity contribution in [2.45, 2.75) is 186 Å². The summed E-state index contributed by atoms with van der Waals surface area (Å²) >= 11 is 0. The first-order chi connectivity index (χ1) is 35.4. The van der Waals surface area contributed by atoms with E-state index in [1.54, 1.807) is 19.9 Å². The Balaban J connectivity index is 1.66. The Morgan fingerprint density at radius 1 is 0.736 bits per heavy atom. The third-order valence-corrected chi connectivity index (χ3v) is 11.2. The highest BCUT2D eigenvalue weighted by atomic mass is 16.7. The standard InChI is InChI=1S/C55H79N3O14/c1-32(2)40-37(29-35-25-26-36(28-33(35)3)65-27-21-24-39(59)56-55(16,17)50(64)66-30-34-22-19-18-20-23-34)44(58-57-40)72-45-43(71-49(63)54(13,14)15)42(70-48(62)53(10,11)12)41(69-47(61)52(7,8)9)38(68-45)31-67-46(60)51(4,5)6/h18-20,22-23,25-26,28,32,38,41-43,45H,21,24,27,29-31H2,1-17H3,(H,56,59)(H,57,58)/t38-,41-,42+,43-,45?/m1/s1/i4D,7D,10D,13D. The molecule has 1 unspecified atom stereocenters. The molecular formula is C55H79N3O14. The molecule has 1 aromatic heterocycles. The molecule has 1 aliphatic heterocycles. The van der Waals surface area contributed by atoms with Crippen molar-refractivity contribution in [1.82, 2.24) is 15.5 Å². The van der Waals surface area contributed by atoms with Crippen LogP contribution in [0.5, 0.6) is 11.6 Å². The number of carbonyl (C=O) groups is 6. The summed E-state index contributed by atoms with van der Waals surface area (Å²) in [4.78, 5) is 80.9. The second-order valence-electron chi connectivity index (χ2n) is 21.9. The number of amides is 1. The van der Waals surface area contributed by atoms with Gasteiger partial charge in [0.25, 0.3) is 0 Å². The maximum absolute atomic E-state index is 14.0. The van der Waals surface area contributed by atoms with Crippen molar-refractivity contribution in [2.75, 3.05) is 13.2 Å². The van der Waals surface area contributed by atoms with E-state index in [1.807, 2.05) is 63.2 Å². The number of nitrogens with one attached hydrogen (secondary N) is 2. The molecule has 17 heteroatoms. The fraction of sp³-hybridized carbons (Fsp3) is 0.618. The second-order valence-corrected chi connectivity index (χ2v) is 21.9. The molecule has 72 heavy (non-hydrogen) atoms. The molecule has 1 saturated heterocycles. The molecule has 0 bridgehead atoms. The van der Waals surface area contributed by atoms with E-state index in [1.165, 1.54) is 55.4 Å². The lowest BCUT2D eigenvalue weighted by atomic mass is 9.93. The zero-order chi connectivity index (χ0) is 57.0. The first-order valence-electron chi connectivity index (χ1n) is 26.9. The van der Waals surface area contributed by atoms with Gasteiger partial charge in [0.1, 0.15) is 30.6 Å². The van der Waals surface area contributed by atoms with Gasteiger partial charge in [-0.25, -0.2) is 4.79 Å². The molecule has 1 amide bonds. The van der Waals surface area contributed by atoms with Crippen molar-refractivity contribution in [2.24, 2.45) is 21.7 Å². The molecule has 0 saturated carbocycles. The normalized spacial score (nSPS) is 19.4. The predicted molar refractivity (Wildman–Crippen MR) is 268 cm³/mol. The minimum atomic E-state index is -1.75. The van der Waals surface area contributed by atoms with Crippen LogP contribution in [0.15, 0.2) is 48.5 Å². The van der Waals surface area contributed by atoms with Crippen LogP contribution in [0.1, 0.15) is 163 Å². The van der Waals surface area contributed by atoms with Crippen molar-refractivity contribution < 1.29 is 72.1 Å². The number of aromatic amines is 1. The molecule has 17 nitrogen and oxygen atoms in total. The number of hydrogen-bond acceptors (Lipinski definition) is 15. The van der Waals surface area contributed by atoms with E-state index in [0.29, 0.717) is 23.4 Å². The lowest BCUT2D eigenvalue weighted by molar-refractivity contribution is -0.294. The first-order valence-corrected chi connectivity index (χ1v) is 24.0. The monoisotopic (exact) mass is 1010 g/mol. The van der Waals surface area contributed by atoms with Crippen LogP contribution >= 0.6 is 0 Å². The van der Waals surface area contributed by atoms with Crippen molar-refractivity contribution in [3.05, 3.63) is 76.5 Å². The lowest BCUT2D eigenvalue weighted by Crippen LogP contribution is -2.65. The van der Waals surface area contributed by atoms with Gasteiger partial charge in [-0.05, 0) is 145 Å². The summed E-state index contributed by atoms with van der Waals surface area (Å²) in [7, 11) is 0. The van der Waals surface area contributed by atoms with Crippen LogP contribution in [0.4, 0.5) is 0 Å². The Labute approximate surface area is 431 Å². The molecule has 2 N–H and O–H groups in total. The number of benzene rings is 2. The number of carbonyl (C=O) groups excluding carboxylic acids is 6. The molecule has 0 aliphatic carbocycles. The molecular weight excluding hydrogens is 927 g/mol. The van der Waals surface area contributed by atoms with Gasteiger partial charge in [-0.3, -0.25) is 29.1 Å². The minimum absolute atomic E-state index is 0.00595. The third-order valence-electron chi connectivity index (χ3n) is 11.2. The van der Waals surface area contributed by atoms with Crippen LogP contribution in [0, 0.1) is 28.6 Å². The summed E-state index contributed by atoms with van der Waals surface area (Å²) < 4.78 is 80.9. The molecule has 2 aromatic carbocycles. The topological polar surface area (TPSA) is 217 Å². The van der Waals surface area contributed by atoms with E-state index < -0.39 is 115 Å². The van der Waals surface area contributed by atoms with E-state index in [-0.39, 0.29) is 50.7 Å². The quantitative estimate of drug-likeness (QED) is 0.0652. The van der Waals surface area contributed by atoms with Gasteiger partial charge in [-0.2, -0.15) is 0 Å². The number of aromatic nitrogens is 2. The predicted octanol–water partition coefficient (Wildman–Crippen LogP) is 8.80. The lowest BCUT2D eigenvalue weighted by Gasteiger charge is -2.45. The van der Waals surface area contributed by atoms with Crippen LogP contribution < -0.4 is 14.8 Å². The second kappa shape index (κ2) is 23.7. The molecule has 1 fully saturated rings. The minimum Gasteiger partial charge on any atom is -0.494 e. The summed E-state index contributed by atoms with van der Waals surface area (Å²) in [6.07, 6.45) is -7.70. The number of aryl methyl sites for hydroxylation is 1. The highest BCUT2D eigenvalue weighted by Gasteiger charge is 2.56. The third kappa shape index (κ3) is 16.5. The van der Waals surface area contributed by atoms with Crippen LogP contribution in [0.3, 0.4) is 0 Å². The smallest absolute Gasteiger partial charge is 0.331 e. The summed E-state index contributed by atoms with van der Waals surface area (Å²) in [5, 5.41) is 10.3. The number of hydrogen-bond donors (Lipinski definition) is 2. The molecule has 0 radical (unpaired) electrons. The Hall–Kier alpha value is -5.97. The van der Waals surface area contributed by atoms with Crippen LogP contribution in [0.25, 0.3) is 0 Å². The van der Waals surface area contributed by atoms with Gasteiger partial charge in [0, 0.05) is 29.6 Å². The number of rotatable bonds is 19. The molecule has 4 rings (SSSR count). The van der Waals surface area contributed by atoms with E-state index in [4.69, 9.17) is 43.4 Å². The molecule has 1 aliphatic rings. The molecule has 398 valence electrons. The van der Waals surface area contributed by atoms with Gasteiger partial charge >= 0.3 is 29.8 Å². The van der Waals surface area contributed by atoms with Crippen molar-refractivity contribution >= 4 is 35.8 Å². The summed E-state index contributed by atoms with van der Waals surface area (Å²) in [6, 6.07) is 14.7. The fourth-order valence-corrected chi connectivity index (χ4v) is 6.86. The van der Waals surface area contributed by atoms with E-state index in [9.17, 15) is 28.8 Å². The van der Waals surface area contributed by atoms with Gasteiger partial charge in [-0.15, -0.1) is 5.10 Å². The Kier molecular flexibility index (Phi) is 17.2. The SMILES string of the molecule is [2H]CC(C)(C)C(=O)OC[C@H]1OC(Oc2n[nH]c(C(C)C)c2Cc2ccc(OCCCC(=O)NC(C)(C)C(=O)OCc3ccccc3)cc2C)[C@H](OC(=O)C(C)(C)C[2H])[C@@H](OC(=O)C(C)(C)C[2H])[C@@H]1OC(=O)C(C)(C)C[2H]. The van der Waals surface area contributed by atoms with E-state index >= 15 is 0 Å². The highest BCUT2D eigenvalue weighted by molar-refractivity contribution is 5.87. The van der Waals surface area contributed by atoms with Gasteiger partial charge in [0.05, 0.1) is 28.3 Å². The average Bonchev–Trinajstić information content (AvgIpc) is 3.77. The highest BCUT2D eigenvalue weighted by Crippen LogP contribution is 2.37. The van der Waals surface area contributed by atoms with E-state index in [2.05, 4.69) is 15.5 Å². The Bertz CT molecular complexity index is 2480. The first kappa shape index (κ1) is 52.4. The van der Waals surface area contributed by atoms with Crippen LogP contribution in [-0.4, -0.2) is 95.4 Å². The van der Waals surface area contributed by atoms with Crippen LogP contribution in [0.2, 0.25) is 0 Å². The van der Waals surface area contributed by atoms with E-state index in [0.717, 1.165) is 16.7 Å². The zero-order valence-electron chi connectivity index (χ0n) is 48.3. The van der Waals surface area contributed by atoms with Gasteiger partial charge < -0.3 is 43.2 Å². The number of ether oxygens (including phenoxy) is 8. The number of H-pyrrole nitrogens is 1. The number of nitrogens with zero attached hydrogens (tertiary/aromatic N) is 1. The summed E-state index contributed by atoms with van der Waals surface area (Å²) in [6.45, 7) is 18.9. The van der Waals surface area contributed by atoms with Gasteiger partial charge in [0.2, 0.25) is 24.2 Å². The van der Waals surface area contributed by atoms with Crippen molar-refractivity contribution in [1.29, 1.82) is 0 Å². The largest absolute Gasteiger partial charge is 0.494 e. The van der Waals surface area contributed by atoms with Crippen molar-refractivity contribution in [3.8, 4) is 11.6 Å². The molecule has 3 aromatic rings. The fourth-order valence-electron chi connectivity index (χ4n) is 6.86. The zero-order valence-corrected chi connectivity index (χ0v) is 44.3. The van der Waals surface area contributed by atoms with Gasteiger partial charge in [0.15, 0.2) is 12.2 Å². The molecule has 5 atom stereocenters. The molecule has 0 spiro atoms. The maximum Gasteiger partial charge on any atom is 0.331 e. The van der Waals surface area contributed by atoms with Gasteiger partial charge in [-0.1, -0.05) is 50.2 Å². The Morgan fingerprint density at radius 3 is 1.88 bits per heavy atom. The number of esters is 5. The maximum atomic E-state index is 14.0. The summed E-state index contributed by atoms with van der Waals surface area (Å²) in [5.74, 6) is -4.06. The summed E-state index contributed by atoms with van der Waals surface area (Å²) in [5.41, 5.74) is -3.05. The van der Waals surface area contributed by atoms with Crippen LogP contribution in [-0.2, 0) is 70.2 Å². The molecule has 2 heterocycles. The van der Waals surface area contributed by atoms with Crippen molar-refractivity contribution in [3.63, 3.8) is 0 Å². The average molecular weight is 1010 g/mol.